The summed E-state index contributed by atoms with van der Waals surface area (Å²) in [6, 6.07) is 0. The maximum Gasteiger partial charge on any atom is 0.162 e. The normalized spacial score (nSPS) is 54.5. The van der Waals surface area contributed by atoms with Crippen molar-refractivity contribution in [1.29, 1.82) is 0 Å². The van der Waals surface area contributed by atoms with Gasteiger partial charge in [-0.25, -0.2) is 0 Å². The van der Waals surface area contributed by atoms with E-state index in [2.05, 4.69) is 13.8 Å². The van der Waals surface area contributed by atoms with Crippen LogP contribution in [-0.4, -0.2) is 22.1 Å². The number of rotatable bonds is 0. The van der Waals surface area contributed by atoms with Gasteiger partial charge in [0.25, 0.3) is 0 Å². The third kappa shape index (κ3) is 2.01. The number of aliphatic hydroxyl groups excluding tert-OH is 2. The Bertz CT molecular complexity index is 553. The standard InChI is InChI=1S/C20H30O3/c1-19-8-7-16-14(15(19)5-6-18(19)23)4-3-13-9-17(22)12(11-21)10-20(13,16)2/h11,13-16,18,21,23H,3-10H2,1-2H3/b12-11-. The molecule has 0 spiro atoms. The van der Waals surface area contributed by atoms with E-state index in [1.807, 2.05) is 0 Å². The van der Waals surface area contributed by atoms with Crippen LogP contribution in [0.5, 0.6) is 0 Å². The Labute approximate surface area is 139 Å². The Morgan fingerprint density at radius 3 is 2.52 bits per heavy atom. The molecule has 0 aromatic rings. The quantitative estimate of drug-likeness (QED) is 0.524. The highest BCUT2D eigenvalue weighted by atomic mass is 16.3. The van der Waals surface area contributed by atoms with Crippen molar-refractivity contribution in [2.24, 2.45) is 34.5 Å². The molecule has 0 heterocycles. The molecule has 128 valence electrons. The maximum absolute atomic E-state index is 12.2. The molecule has 4 fully saturated rings. The average molecular weight is 318 g/mol. The van der Waals surface area contributed by atoms with E-state index in [9.17, 15) is 15.0 Å². The number of allylic oxidation sites excluding steroid dienone is 1. The zero-order valence-electron chi connectivity index (χ0n) is 14.4. The van der Waals surface area contributed by atoms with Crippen LogP contribution in [0.4, 0.5) is 0 Å². The van der Waals surface area contributed by atoms with Gasteiger partial charge in [0.05, 0.1) is 12.4 Å². The van der Waals surface area contributed by atoms with Gasteiger partial charge in [-0.15, -0.1) is 0 Å². The van der Waals surface area contributed by atoms with Gasteiger partial charge in [-0.05, 0) is 79.4 Å². The van der Waals surface area contributed by atoms with E-state index in [1.165, 1.54) is 19.3 Å². The van der Waals surface area contributed by atoms with Crippen LogP contribution in [-0.2, 0) is 4.79 Å². The minimum Gasteiger partial charge on any atom is -0.515 e. The number of Topliss-reactive ketones (excluding diaryl/α,β-unsaturated/α-hetero) is 1. The highest BCUT2D eigenvalue weighted by Gasteiger charge is 2.60. The summed E-state index contributed by atoms with van der Waals surface area (Å²) in [7, 11) is 0. The van der Waals surface area contributed by atoms with Crippen molar-refractivity contribution in [1.82, 2.24) is 0 Å². The van der Waals surface area contributed by atoms with Crippen LogP contribution in [0.15, 0.2) is 11.8 Å². The zero-order valence-corrected chi connectivity index (χ0v) is 14.4. The van der Waals surface area contributed by atoms with Gasteiger partial charge in [-0.1, -0.05) is 13.8 Å². The average Bonchev–Trinajstić information content (AvgIpc) is 2.83. The van der Waals surface area contributed by atoms with Gasteiger partial charge >= 0.3 is 0 Å². The number of hydrogen-bond donors (Lipinski definition) is 2. The highest BCUT2D eigenvalue weighted by Crippen LogP contribution is 2.66. The van der Waals surface area contributed by atoms with Gasteiger partial charge < -0.3 is 10.2 Å². The SMILES string of the molecule is CC12CCC3C(CCC4CC(=O)/C(=C\O)CC43C)C1CCC2O. The molecular formula is C20H30O3. The molecule has 0 amide bonds. The van der Waals surface area contributed by atoms with E-state index >= 15 is 0 Å². The summed E-state index contributed by atoms with van der Waals surface area (Å²) in [6.07, 6.45) is 9.11. The van der Waals surface area contributed by atoms with E-state index in [4.69, 9.17) is 0 Å². The van der Waals surface area contributed by atoms with Gasteiger partial charge in [0.2, 0.25) is 0 Å². The lowest BCUT2D eigenvalue weighted by Crippen LogP contribution is -2.54. The Kier molecular flexibility index (Phi) is 3.46. The Hall–Kier alpha value is -0.830. The van der Waals surface area contributed by atoms with E-state index in [0.717, 1.165) is 31.9 Å². The molecule has 3 nitrogen and oxygen atoms in total. The molecule has 0 radical (unpaired) electrons. The van der Waals surface area contributed by atoms with Crippen LogP contribution in [0.2, 0.25) is 0 Å². The first-order valence-electron chi connectivity index (χ1n) is 9.44. The molecule has 4 aliphatic rings. The number of hydrogen-bond acceptors (Lipinski definition) is 3. The van der Waals surface area contributed by atoms with Gasteiger partial charge in [0.1, 0.15) is 0 Å². The molecule has 0 aromatic heterocycles. The van der Waals surface area contributed by atoms with Gasteiger partial charge in [-0.3, -0.25) is 4.79 Å². The molecule has 3 heteroatoms. The second-order valence-corrected chi connectivity index (χ2v) is 9.25. The molecule has 4 saturated carbocycles. The minimum absolute atomic E-state index is 0.116. The van der Waals surface area contributed by atoms with Crippen LogP contribution in [0.3, 0.4) is 0 Å². The third-order valence-electron chi connectivity index (χ3n) is 8.53. The highest BCUT2D eigenvalue weighted by molar-refractivity contribution is 5.96. The molecule has 0 aliphatic heterocycles. The zero-order chi connectivity index (χ0) is 16.4. The second kappa shape index (κ2) is 5.08. The predicted molar refractivity (Wildman–Crippen MR) is 88.8 cm³/mol. The smallest absolute Gasteiger partial charge is 0.162 e. The van der Waals surface area contributed by atoms with Crippen molar-refractivity contribution in [3.63, 3.8) is 0 Å². The van der Waals surface area contributed by atoms with Crippen LogP contribution in [0.1, 0.15) is 65.2 Å². The van der Waals surface area contributed by atoms with Crippen molar-refractivity contribution in [3.8, 4) is 0 Å². The van der Waals surface area contributed by atoms with Crippen LogP contribution in [0.25, 0.3) is 0 Å². The summed E-state index contributed by atoms with van der Waals surface area (Å²) < 4.78 is 0. The van der Waals surface area contributed by atoms with E-state index in [1.54, 1.807) is 0 Å². The van der Waals surface area contributed by atoms with Crippen LogP contribution >= 0.6 is 0 Å². The lowest BCUT2D eigenvalue weighted by atomic mass is 9.45. The topological polar surface area (TPSA) is 57.5 Å². The fourth-order valence-electron chi connectivity index (χ4n) is 7.10. The van der Waals surface area contributed by atoms with Gasteiger partial charge in [0, 0.05) is 12.0 Å². The summed E-state index contributed by atoms with van der Waals surface area (Å²) in [4.78, 5) is 12.2. The Morgan fingerprint density at radius 1 is 1.04 bits per heavy atom. The monoisotopic (exact) mass is 318 g/mol. The van der Waals surface area contributed by atoms with Crippen molar-refractivity contribution < 1.29 is 15.0 Å². The number of aliphatic hydroxyl groups is 2. The van der Waals surface area contributed by atoms with E-state index in [0.29, 0.717) is 35.7 Å². The second-order valence-electron chi connectivity index (χ2n) is 9.25. The summed E-state index contributed by atoms with van der Waals surface area (Å²) in [6.45, 7) is 4.68. The first kappa shape index (κ1) is 15.7. The largest absolute Gasteiger partial charge is 0.515 e. The fraction of sp³-hybridized carbons (Fsp3) is 0.850. The van der Waals surface area contributed by atoms with Crippen molar-refractivity contribution in [2.75, 3.05) is 0 Å². The first-order chi connectivity index (χ1) is 10.9. The van der Waals surface area contributed by atoms with Gasteiger partial charge in [-0.2, -0.15) is 0 Å². The molecular weight excluding hydrogens is 288 g/mol. The summed E-state index contributed by atoms with van der Waals surface area (Å²) in [5, 5.41) is 20.0. The van der Waals surface area contributed by atoms with E-state index < -0.39 is 0 Å². The maximum atomic E-state index is 12.2. The predicted octanol–water partition coefficient (Wildman–Crippen LogP) is 4.01. The molecule has 4 aliphatic carbocycles. The van der Waals surface area contributed by atoms with Crippen molar-refractivity contribution in [2.45, 2.75) is 71.3 Å². The van der Waals surface area contributed by atoms with Crippen LogP contribution in [0, 0.1) is 34.5 Å². The number of carbonyl (C=O) groups is 1. The molecule has 7 atom stereocenters. The van der Waals surface area contributed by atoms with E-state index in [-0.39, 0.29) is 22.7 Å². The lowest BCUT2D eigenvalue weighted by Gasteiger charge is -2.60. The Morgan fingerprint density at radius 2 is 1.78 bits per heavy atom. The molecule has 2 N–H and O–H groups in total. The fourth-order valence-corrected chi connectivity index (χ4v) is 7.10. The molecule has 7 unspecified atom stereocenters. The lowest BCUT2D eigenvalue weighted by molar-refractivity contribution is -0.135. The van der Waals surface area contributed by atoms with Crippen LogP contribution < -0.4 is 0 Å². The summed E-state index contributed by atoms with van der Waals surface area (Å²) in [5.41, 5.74) is 0.911. The summed E-state index contributed by atoms with van der Waals surface area (Å²) >= 11 is 0. The number of ketones is 1. The molecule has 0 aromatic carbocycles. The number of fused-ring (bicyclic) bond motifs is 5. The first-order valence-corrected chi connectivity index (χ1v) is 9.44. The minimum atomic E-state index is -0.125. The molecule has 4 rings (SSSR count). The van der Waals surface area contributed by atoms with Crippen molar-refractivity contribution in [3.05, 3.63) is 11.8 Å². The molecule has 0 saturated heterocycles. The van der Waals surface area contributed by atoms with Crippen molar-refractivity contribution >= 4 is 5.78 Å². The Balaban J connectivity index is 1.66. The molecule has 0 bridgehead atoms. The number of carbonyl (C=O) groups excluding carboxylic acids is 1. The molecule has 23 heavy (non-hydrogen) atoms. The summed E-state index contributed by atoms with van der Waals surface area (Å²) in [5.74, 6) is 2.63. The van der Waals surface area contributed by atoms with Gasteiger partial charge in [0.15, 0.2) is 5.78 Å². The third-order valence-corrected chi connectivity index (χ3v) is 8.53.